The zero-order valence-electron chi connectivity index (χ0n) is 22.3. The normalized spacial score (nSPS) is 25.1. The van der Waals surface area contributed by atoms with E-state index >= 15 is 0 Å². The first kappa shape index (κ1) is 26.6. The zero-order valence-corrected chi connectivity index (χ0v) is 22.3. The third-order valence-electron chi connectivity index (χ3n) is 7.67. The Morgan fingerprint density at radius 1 is 0.951 bits per heavy atom. The maximum absolute atomic E-state index is 13.5. The van der Waals surface area contributed by atoms with Gasteiger partial charge in [-0.3, -0.25) is 4.79 Å². The van der Waals surface area contributed by atoms with Crippen molar-refractivity contribution in [1.82, 2.24) is 0 Å². The molecule has 7 heteroatoms. The number of fused-ring (bicyclic) bond motifs is 4. The van der Waals surface area contributed by atoms with Crippen LogP contribution in [-0.4, -0.2) is 40.0 Å². The largest absolute Gasteiger partial charge is 0.507 e. The summed E-state index contributed by atoms with van der Waals surface area (Å²) in [7, 11) is 0. The van der Waals surface area contributed by atoms with Gasteiger partial charge in [0.2, 0.25) is 5.79 Å². The highest BCUT2D eigenvalue weighted by atomic mass is 16.7. The number of phenolic OH excluding ortho intramolecular Hbond substituents is 2. The van der Waals surface area contributed by atoms with Crippen LogP contribution in [0.3, 0.4) is 0 Å². The molecule has 0 aliphatic carbocycles. The van der Waals surface area contributed by atoms with Crippen LogP contribution in [0.1, 0.15) is 58.6 Å². The molecular weight excluding hydrogens is 520 g/mol. The lowest BCUT2D eigenvalue weighted by atomic mass is 9.78. The number of carbonyl (C=O) groups is 2. The number of ketones is 1. The lowest BCUT2D eigenvalue weighted by Gasteiger charge is -2.48. The molecule has 0 aromatic heterocycles. The summed E-state index contributed by atoms with van der Waals surface area (Å²) in [6, 6.07) is 20.3. The standard InChI is InChI=1S/C34H30O7/c35-27(15-14-22-8-3-1-4-9-22)32-29(37)20-28(36)31-24-18-26(19-25-12-7-13-30(38)39-25)40-34(21-24,41-33(31)32)17-16-23-10-5-2-6-11-23/h1-11,13-17,20,24-26,36-37H,12,18-19,21H2/b15-14+,17-16+/t24-,25+,26-,34-/m0/s1. The van der Waals surface area contributed by atoms with Crippen LogP contribution in [-0.2, 0) is 14.3 Å². The molecule has 0 unspecified atom stereocenters. The smallest absolute Gasteiger partial charge is 0.330 e. The molecule has 7 nitrogen and oxygen atoms in total. The van der Waals surface area contributed by atoms with E-state index in [1.54, 1.807) is 12.2 Å². The molecule has 3 aromatic carbocycles. The molecule has 1 fully saturated rings. The number of hydrogen-bond acceptors (Lipinski definition) is 7. The Morgan fingerprint density at radius 3 is 2.37 bits per heavy atom. The minimum atomic E-state index is -1.27. The number of carbonyl (C=O) groups excluding carboxylic acids is 2. The predicted octanol–water partition coefficient (Wildman–Crippen LogP) is 6.32. The van der Waals surface area contributed by atoms with Crippen molar-refractivity contribution in [2.45, 2.75) is 49.6 Å². The van der Waals surface area contributed by atoms with E-state index in [1.165, 1.54) is 18.2 Å². The highest BCUT2D eigenvalue weighted by Gasteiger charge is 2.50. The molecule has 0 saturated carbocycles. The fourth-order valence-corrected chi connectivity index (χ4v) is 5.86. The molecule has 3 heterocycles. The minimum Gasteiger partial charge on any atom is -0.507 e. The van der Waals surface area contributed by atoms with Crippen LogP contribution < -0.4 is 4.74 Å². The van der Waals surface area contributed by atoms with Crippen LogP contribution in [0.4, 0.5) is 0 Å². The Bertz CT molecular complexity index is 1540. The first-order valence-corrected chi connectivity index (χ1v) is 13.7. The zero-order chi connectivity index (χ0) is 28.4. The van der Waals surface area contributed by atoms with Crippen LogP contribution in [0.25, 0.3) is 12.2 Å². The molecule has 208 valence electrons. The maximum Gasteiger partial charge on any atom is 0.330 e. The van der Waals surface area contributed by atoms with Gasteiger partial charge in [-0.1, -0.05) is 78.9 Å². The number of cyclic esters (lactones) is 1. The van der Waals surface area contributed by atoms with Crippen molar-refractivity contribution in [3.05, 3.63) is 113 Å². The molecule has 3 aliphatic heterocycles. The molecule has 3 aromatic rings. The monoisotopic (exact) mass is 550 g/mol. The predicted molar refractivity (Wildman–Crippen MR) is 154 cm³/mol. The quantitative estimate of drug-likeness (QED) is 0.202. The van der Waals surface area contributed by atoms with E-state index in [4.69, 9.17) is 14.2 Å². The summed E-state index contributed by atoms with van der Waals surface area (Å²) < 4.78 is 18.6. The summed E-state index contributed by atoms with van der Waals surface area (Å²) in [6.45, 7) is 0. The third kappa shape index (κ3) is 5.67. The number of allylic oxidation sites excluding steroid dienone is 1. The number of aromatic hydroxyl groups is 2. The molecule has 0 spiro atoms. The molecule has 4 atom stereocenters. The van der Waals surface area contributed by atoms with Gasteiger partial charge in [-0.2, -0.15) is 0 Å². The van der Waals surface area contributed by atoms with Crippen LogP contribution in [0.15, 0.2) is 91.0 Å². The number of phenols is 2. The summed E-state index contributed by atoms with van der Waals surface area (Å²) >= 11 is 0. The summed E-state index contributed by atoms with van der Waals surface area (Å²) in [5.74, 6) is -2.74. The average molecular weight is 551 g/mol. The van der Waals surface area contributed by atoms with Gasteiger partial charge < -0.3 is 24.4 Å². The Balaban J connectivity index is 1.38. The van der Waals surface area contributed by atoms with Crippen LogP contribution in [0.2, 0.25) is 0 Å². The SMILES string of the molecule is O=C1C=CC[C@H](C[C@@H]2C[C@H]3C[C@](/C=C/c4ccccc4)(Oc4c(C(=O)/C=C/c5ccccc5)c(O)cc(O)c43)O2)O1. The number of benzene rings is 3. The Kier molecular flexibility index (Phi) is 7.20. The number of rotatable bonds is 7. The van der Waals surface area contributed by atoms with E-state index in [9.17, 15) is 19.8 Å². The first-order chi connectivity index (χ1) is 19.9. The molecule has 2 bridgehead atoms. The van der Waals surface area contributed by atoms with Gasteiger partial charge in [-0.15, -0.1) is 0 Å². The van der Waals surface area contributed by atoms with Crippen LogP contribution in [0, 0.1) is 0 Å². The Labute approximate surface area is 238 Å². The molecule has 0 radical (unpaired) electrons. The van der Waals surface area contributed by atoms with Gasteiger partial charge in [-0.05, 0) is 29.7 Å². The Morgan fingerprint density at radius 2 is 1.66 bits per heavy atom. The van der Waals surface area contributed by atoms with Crippen molar-refractivity contribution in [3.63, 3.8) is 0 Å². The van der Waals surface area contributed by atoms with Crippen LogP contribution in [0.5, 0.6) is 17.2 Å². The Hall–Kier alpha value is -4.62. The molecule has 3 aliphatic rings. The number of esters is 1. The van der Waals surface area contributed by atoms with E-state index in [-0.39, 0.29) is 46.9 Å². The first-order valence-electron chi connectivity index (χ1n) is 13.7. The maximum atomic E-state index is 13.5. The highest BCUT2D eigenvalue weighted by molar-refractivity contribution is 6.11. The second-order valence-corrected chi connectivity index (χ2v) is 10.6. The molecule has 41 heavy (non-hydrogen) atoms. The molecule has 2 N–H and O–H groups in total. The van der Waals surface area contributed by atoms with Crippen molar-refractivity contribution in [2.75, 3.05) is 0 Å². The molecule has 1 saturated heterocycles. The van der Waals surface area contributed by atoms with E-state index in [0.29, 0.717) is 31.2 Å². The van der Waals surface area contributed by atoms with Crippen molar-refractivity contribution < 1.29 is 34.0 Å². The van der Waals surface area contributed by atoms with Gasteiger partial charge in [0, 0.05) is 42.9 Å². The minimum absolute atomic E-state index is 0.0273. The second kappa shape index (κ2) is 11.1. The summed E-state index contributed by atoms with van der Waals surface area (Å²) in [6.07, 6.45) is 11.3. The third-order valence-corrected chi connectivity index (χ3v) is 7.67. The van der Waals surface area contributed by atoms with Crippen molar-refractivity contribution in [3.8, 4) is 17.2 Å². The lowest BCUT2D eigenvalue weighted by molar-refractivity contribution is -0.224. The average Bonchev–Trinajstić information content (AvgIpc) is 2.96. The van der Waals surface area contributed by atoms with Gasteiger partial charge in [0.15, 0.2) is 5.78 Å². The van der Waals surface area contributed by atoms with Gasteiger partial charge in [0.25, 0.3) is 0 Å². The van der Waals surface area contributed by atoms with Crippen molar-refractivity contribution in [2.24, 2.45) is 0 Å². The number of ether oxygens (including phenoxy) is 3. The highest BCUT2D eigenvalue weighted by Crippen LogP contribution is 2.55. The molecule has 0 amide bonds. The summed E-state index contributed by atoms with van der Waals surface area (Å²) in [4.78, 5) is 25.3. The summed E-state index contributed by atoms with van der Waals surface area (Å²) in [5, 5.41) is 21.8. The van der Waals surface area contributed by atoms with Crippen LogP contribution >= 0.6 is 0 Å². The van der Waals surface area contributed by atoms with E-state index < -0.39 is 11.6 Å². The van der Waals surface area contributed by atoms with E-state index in [2.05, 4.69) is 0 Å². The second-order valence-electron chi connectivity index (χ2n) is 10.6. The van der Waals surface area contributed by atoms with Gasteiger partial charge in [0.1, 0.15) is 28.9 Å². The van der Waals surface area contributed by atoms with Crippen molar-refractivity contribution >= 4 is 23.9 Å². The van der Waals surface area contributed by atoms with Gasteiger partial charge in [-0.25, -0.2) is 4.79 Å². The van der Waals surface area contributed by atoms with Crippen molar-refractivity contribution in [1.29, 1.82) is 0 Å². The van der Waals surface area contributed by atoms with E-state index in [1.807, 2.05) is 72.8 Å². The number of hydrogen-bond donors (Lipinski definition) is 2. The topological polar surface area (TPSA) is 102 Å². The van der Waals surface area contributed by atoms with Gasteiger partial charge >= 0.3 is 5.97 Å². The fourth-order valence-electron chi connectivity index (χ4n) is 5.86. The lowest BCUT2D eigenvalue weighted by Crippen LogP contribution is -2.50. The van der Waals surface area contributed by atoms with E-state index in [0.717, 1.165) is 11.1 Å². The van der Waals surface area contributed by atoms with Gasteiger partial charge in [0.05, 0.1) is 6.10 Å². The summed E-state index contributed by atoms with van der Waals surface area (Å²) in [5.41, 5.74) is 2.21. The molecular formula is C34H30O7. The fraction of sp³-hybridized carbons (Fsp3) is 0.235. The molecule has 6 rings (SSSR count).